The molecule has 0 atom stereocenters. The van der Waals surface area contributed by atoms with Crippen LogP contribution in [0.25, 0.3) is 11.1 Å². The molecule has 3 aromatic heterocycles. The predicted molar refractivity (Wildman–Crippen MR) is 78.9 cm³/mol. The fourth-order valence-electron chi connectivity index (χ4n) is 2.30. The van der Waals surface area contributed by atoms with Crippen molar-refractivity contribution >= 4 is 0 Å². The number of hydrogen-bond acceptors (Lipinski definition) is 1. The lowest BCUT2D eigenvalue weighted by molar-refractivity contribution is -0.697. The smallest absolute Gasteiger partial charge is 0.169 e. The second-order valence-corrected chi connectivity index (χ2v) is 4.83. The van der Waals surface area contributed by atoms with Gasteiger partial charge in [0.2, 0.25) is 0 Å². The summed E-state index contributed by atoms with van der Waals surface area (Å²) < 4.78 is 4.44. The molecular formula is C17H18N3+. The van der Waals surface area contributed by atoms with Crippen LogP contribution >= 0.6 is 0 Å². The summed E-state index contributed by atoms with van der Waals surface area (Å²) in [5.41, 5.74) is 2.44. The summed E-state index contributed by atoms with van der Waals surface area (Å²) in [7, 11) is 0. The first-order valence-corrected chi connectivity index (χ1v) is 6.92. The second-order valence-electron chi connectivity index (χ2n) is 4.83. The third-order valence-electron chi connectivity index (χ3n) is 3.40. The first-order chi connectivity index (χ1) is 9.92. The van der Waals surface area contributed by atoms with E-state index in [4.69, 9.17) is 0 Å². The van der Waals surface area contributed by atoms with Crippen LogP contribution in [0.2, 0.25) is 0 Å². The SMILES string of the molecule is c1ccn(CCC[n+]2ccc(-c3ccncc3)cc2)c1. The first kappa shape index (κ1) is 12.6. The molecule has 100 valence electrons. The number of rotatable bonds is 5. The van der Waals surface area contributed by atoms with E-state index >= 15 is 0 Å². The van der Waals surface area contributed by atoms with Crippen LogP contribution in [0.1, 0.15) is 6.42 Å². The van der Waals surface area contributed by atoms with Crippen molar-refractivity contribution in [1.82, 2.24) is 9.55 Å². The molecule has 0 aliphatic rings. The van der Waals surface area contributed by atoms with Crippen LogP contribution in [0.3, 0.4) is 0 Å². The van der Waals surface area contributed by atoms with E-state index in [1.165, 1.54) is 11.1 Å². The molecule has 3 nitrogen and oxygen atoms in total. The van der Waals surface area contributed by atoms with Gasteiger partial charge < -0.3 is 4.57 Å². The second kappa shape index (κ2) is 6.15. The van der Waals surface area contributed by atoms with Gasteiger partial charge in [0.15, 0.2) is 12.4 Å². The van der Waals surface area contributed by atoms with Crippen molar-refractivity contribution in [3.63, 3.8) is 0 Å². The molecule has 0 saturated carbocycles. The highest BCUT2D eigenvalue weighted by Crippen LogP contribution is 2.15. The Morgan fingerprint density at radius 3 is 2.25 bits per heavy atom. The molecular weight excluding hydrogens is 246 g/mol. The van der Waals surface area contributed by atoms with Crippen LogP contribution in [0.4, 0.5) is 0 Å². The third kappa shape index (κ3) is 3.12. The van der Waals surface area contributed by atoms with Gasteiger partial charge in [-0.3, -0.25) is 4.98 Å². The Morgan fingerprint density at radius 2 is 1.55 bits per heavy atom. The van der Waals surface area contributed by atoms with Crippen LogP contribution in [0.15, 0.2) is 73.6 Å². The van der Waals surface area contributed by atoms with Gasteiger partial charge in [0.05, 0.1) is 0 Å². The molecule has 0 N–H and O–H groups in total. The summed E-state index contributed by atoms with van der Waals surface area (Å²) in [6, 6.07) is 12.5. The molecule has 0 radical (unpaired) electrons. The summed E-state index contributed by atoms with van der Waals surface area (Å²) >= 11 is 0. The molecule has 3 aromatic rings. The number of nitrogens with zero attached hydrogens (tertiary/aromatic N) is 3. The van der Waals surface area contributed by atoms with Crippen LogP contribution in [0, 0.1) is 0 Å². The number of pyridine rings is 2. The van der Waals surface area contributed by atoms with Gasteiger partial charge in [-0.05, 0) is 35.4 Å². The Balaban J connectivity index is 1.59. The van der Waals surface area contributed by atoms with Gasteiger partial charge >= 0.3 is 0 Å². The zero-order valence-electron chi connectivity index (χ0n) is 11.4. The Hall–Kier alpha value is -2.42. The molecule has 0 aliphatic heterocycles. The predicted octanol–water partition coefficient (Wildman–Crippen LogP) is 2.93. The van der Waals surface area contributed by atoms with Gasteiger partial charge in [0.25, 0.3) is 0 Å². The van der Waals surface area contributed by atoms with Crippen molar-refractivity contribution in [2.45, 2.75) is 19.5 Å². The van der Waals surface area contributed by atoms with Crippen LogP contribution < -0.4 is 4.57 Å². The Kier molecular flexibility index (Phi) is 3.88. The first-order valence-electron chi connectivity index (χ1n) is 6.92. The zero-order valence-corrected chi connectivity index (χ0v) is 11.4. The minimum atomic E-state index is 1.04. The lowest BCUT2D eigenvalue weighted by atomic mass is 10.1. The molecule has 3 rings (SSSR count). The van der Waals surface area contributed by atoms with Crippen molar-refractivity contribution in [3.8, 4) is 11.1 Å². The largest absolute Gasteiger partial charge is 0.354 e. The highest BCUT2D eigenvalue weighted by atomic mass is 15.0. The van der Waals surface area contributed by atoms with Crippen LogP contribution in [-0.2, 0) is 13.1 Å². The molecule has 0 saturated heterocycles. The van der Waals surface area contributed by atoms with E-state index in [1.54, 1.807) is 0 Å². The Morgan fingerprint density at radius 1 is 0.900 bits per heavy atom. The van der Waals surface area contributed by atoms with E-state index in [1.807, 2.05) is 24.5 Å². The van der Waals surface area contributed by atoms with E-state index in [-0.39, 0.29) is 0 Å². The molecule has 20 heavy (non-hydrogen) atoms. The van der Waals surface area contributed by atoms with Crippen molar-refractivity contribution in [2.24, 2.45) is 0 Å². The van der Waals surface area contributed by atoms with Gasteiger partial charge in [-0.1, -0.05) is 0 Å². The normalized spacial score (nSPS) is 10.6. The minimum absolute atomic E-state index is 1.04. The highest BCUT2D eigenvalue weighted by Gasteiger charge is 2.02. The van der Waals surface area contributed by atoms with E-state index < -0.39 is 0 Å². The maximum absolute atomic E-state index is 4.05. The van der Waals surface area contributed by atoms with Crippen LogP contribution in [0.5, 0.6) is 0 Å². The molecule has 0 bridgehead atoms. The van der Waals surface area contributed by atoms with Gasteiger partial charge in [0.1, 0.15) is 6.54 Å². The lowest BCUT2D eigenvalue weighted by Crippen LogP contribution is -2.32. The maximum Gasteiger partial charge on any atom is 0.169 e. The average molecular weight is 264 g/mol. The fourth-order valence-corrected chi connectivity index (χ4v) is 2.30. The monoisotopic (exact) mass is 264 g/mol. The maximum atomic E-state index is 4.05. The average Bonchev–Trinajstić information content (AvgIpc) is 3.02. The lowest BCUT2D eigenvalue weighted by Gasteiger charge is -2.02. The van der Waals surface area contributed by atoms with Crippen molar-refractivity contribution < 1.29 is 4.57 Å². The highest BCUT2D eigenvalue weighted by molar-refractivity contribution is 5.61. The summed E-state index contributed by atoms with van der Waals surface area (Å²) in [5, 5.41) is 0. The van der Waals surface area contributed by atoms with Gasteiger partial charge in [-0.25, -0.2) is 4.57 Å². The molecule has 0 unspecified atom stereocenters. The van der Waals surface area contributed by atoms with Gasteiger partial charge in [-0.2, -0.15) is 0 Å². The molecule has 0 spiro atoms. The topological polar surface area (TPSA) is 21.7 Å². The van der Waals surface area contributed by atoms with E-state index in [2.05, 4.69) is 63.2 Å². The third-order valence-corrected chi connectivity index (χ3v) is 3.40. The summed E-state index contributed by atoms with van der Waals surface area (Å²) in [5.74, 6) is 0. The minimum Gasteiger partial charge on any atom is -0.354 e. The molecule has 0 aliphatic carbocycles. The summed E-state index contributed by atoms with van der Waals surface area (Å²) in [4.78, 5) is 4.05. The quantitative estimate of drug-likeness (QED) is 0.649. The van der Waals surface area contributed by atoms with Gasteiger partial charge in [-0.15, -0.1) is 0 Å². The number of hydrogen-bond donors (Lipinski definition) is 0. The van der Waals surface area contributed by atoms with E-state index in [9.17, 15) is 0 Å². The van der Waals surface area contributed by atoms with E-state index in [0.717, 1.165) is 19.5 Å². The molecule has 3 heterocycles. The molecule has 0 aromatic carbocycles. The summed E-state index contributed by atoms with van der Waals surface area (Å²) in [6.07, 6.45) is 13.3. The summed E-state index contributed by atoms with van der Waals surface area (Å²) in [6.45, 7) is 2.10. The number of aryl methyl sites for hydroxylation is 2. The molecule has 3 heteroatoms. The number of aromatic nitrogens is 3. The van der Waals surface area contributed by atoms with E-state index in [0.29, 0.717) is 0 Å². The van der Waals surface area contributed by atoms with Crippen molar-refractivity contribution in [2.75, 3.05) is 0 Å². The Labute approximate surface area is 119 Å². The standard InChI is InChI=1S/C17H18N3/c1-2-11-19(10-1)12-3-13-20-14-6-17(7-15-20)16-4-8-18-9-5-16/h1-2,4-11,14-15H,3,12-13H2/q+1. The van der Waals surface area contributed by atoms with Gasteiger partial charge in [0, 0.05) is 49.9 Å². The molecule has 0 fully saturated rings. The van der Waals surface area contributed by atoms with Crippen LogP contribution in [-0.4, -0.2) is 9.55 Å². The molecule has 0 amide bonds. The van der Waals surface area contributed by atoms with Crippen molar-refractivity contribution in [3.05, 3.63) is 73.6 Å². The zero-order chi connectivity index (χ0) is 13.6. The fraction of sp³-hybridized carbons (Fsp3) is 0.176. The van der Waals surface area contributed by atoms with Crippen molar-refractivity contribution in [1.29, 1.82) is 0 Å². The Bertz CT molecular complexity index is 628.